The number of nitrogens with zero attached hydrogens (tertiary/aromatic N) is 2. The van der Waals surface area contributed by atoms with Crippen molar-refractivity contribution in [2.75, 3.05) is 0 Å². The number of hydrogen-bond acceptors (Lipinski definition) is 4. The second-order valence-corrected chi connectivity index (χ2v) is 5.49. The molecule has 4 nitrogen and oxygen atoms in total. The van der Waals surface area contributed by atoms with Crippen molar-refractivity contribution in [1.29, 1.82) is 0 Å². The van der Waals surface area contributed by atoms with Crippen LogP contribution in [0.1, 0.15) is 48.9 Å². The zero-order valence-corrected chi connectivity index (χ0v) is 11.5. The van der Waals surface area contributed by atoms with E-state index in [9.17, 15) is 13.2 Å². The first-order valence-electron chi connectivity index (χ1n) is 6.86. The van der Waals surface area contributed by atoms with Gasteiger partial charge < -0.3 is 8.94 Å². The molecule has 1 fully saturated rings. The molecule has 0 saturated heterocycles. The predicted molar refractivity (Wildman–Crippen MR) is 66.8 cm³/mol. The number of aromatic nitrogens is 2. The number of halogens is 3. The largest absolute Gasteiger partial charge is 0.466 e. The first kappa shape index (κ1) is 14.2. The minimum atomic E-state index is -4.36. The molecule has 0 atom stereocenters. The second-order valence-electron chi connectivity index (χ2n) is 5.49. The van der Waals surface area contributed by atoms with Crippen molar-refractivity contribution in [3.8, 4) is 0 Å². The maximum Gasteiger partial charge on any atom is 0.401 e. The Kier molecular flexibility index (Phi) is 3.30. The van der Waals surface area contributed by atoms with Gasteiger partial charge in [-0.05, 0) is 31.9 Å². The molecule has 1 aliphatic rings. The van der Waals surface area contributed by atoms with Gasteiger partial charge >= 0.3 is 6.18 Å². The van der Waals surface area contributed by atoms with E-state index in [2.05, 4.69) is 10.1 Å². The molecule has 0 amide bonds. The Bertz CT molecular complexity index is 624. The Morgan fingerprint density at radius 1 is 1.24 bits per heavy atom. The Morgan fingerprint density at radius 2 is 1.95 bits per heavy atom. The van der Waals surface area contributed by atoms with E-state index in [1.807, 2.05) is 0 Å². The summed E-state index contributed by atoms with van der Waals surface area (Å²) in [7, 11) is 0. The lowest BCUT2D eigenvalue weighted by Crippen LogP contribution is -2.40. The lowest BCUT2D eigenvalue weighted by atomic mass is 9.84. The summed E-state index contributed by atoms with van der Waals surface area (Å²) in [5.41, 5.74) is -1.95. The van der Waals surface area contributed by atoms with Crippen LogP contribution in [0.3, 0.4) is 0 Å². The molecule has 7 heteroatoms. The zero-order valence-electron chi connectivity index (χ0n) is 11.5. The van der Waals surface area contributed by atoms with E-state index in [0.29, 0.717) is 18.6 Å². The third-order valence-electron chi connectivity index (χ3n) is 4.02. The summed E-state index contributed by atoms with van der Waals surface area (Å²) in [5, 5.41) is 3.59. The molecule has 2 heterocycles. The zero-order chi connectivity index (χ0) is 15.1. The molecule has 1 saturated carbocycles. The Morgan fingerprint density at radius 3 is 2.52 bits per heavy atom. The van der Waals surface area contributed by atoms with Crippen molar-refractivity contribution < 1.29 is 22.1 Å². The van der Waals surface area contributed by atoms with Gasteiger partial charge in [-0.2, -0.15) is 18.2 Å². The highest BCUT2D eigenvalue weighted by atomic mass is 19.4. The van der Waals surface area contributed by atoms with Gasteiger partial charge in [0.1, 0.15) is 16.9 Å². The van der Waals surface area contributed by atoms with Crippen molar-refractivity contribution in [3.05, 3.63) is 35.4 Å². The lowest BCUT2D eigenvalue weighted by Gasteiger charge is -2.27. The first-order chi connectivity index (χ1) is 9.91. The monoisotopic (exact) mass is 300 g/mol. The van der Waals surface area contributed by atoms with Gasteiger partial charge in [-0.15, -0.1) is 0 Å². The minimum absolute atomic E-state index is 0.0231. The van der Waals surface area contributed by atoms with Crippen LogP contribution in [-0.4, -0.2) is 16.3 Å². The summed E-state index contributed by atoms with van der Waals surface area (Å²) in [6, 6.07) is 3.52. The molecule has 0 unspecified atom stereocenters. The lowest BCUT2D eigenvalue weighted by molar-refractivity contribution is -0.191. The van der Waals surface area contributed by atoms with Crippen LogP contribution >= 0.6 is 0 Å². The maximum absolute atomic E-state index is 13.4. The quantitative estimate of drug-likeness (QED) is 0.861. The van der Waals surface area contributed by atoms with Crippen LogP contribution in [-0.2, 0) is 11.8 Å². The van der Waals surface area contributed by atoms with Crippen LogP contribution in [0.15, 0.2) is 21.1 Å². The van der Waals surface area contributed by atoms with Gasteiger partial charge in [-0.1, -0.05) is 18.0 Å². The molecule has 2 aromatic heterocycles. The van der Waals surface area contributed by atoms with Crippen molar-refractivity contribution in [2.24, 2.45) is 0 Å². The molecule has 0 bridgehead atoms. The van der Waals surface area contributed by atoms with Gasteiger partial charge in [0.05, 0.1) is 6.42 Å². The molecule has 1 aliphatic carbocycles. The van der Waals surface area contributed by atoms with Gasteiger partial charge in [0.2, 0.25) is 5.89 Å². The molecule has 3 rings (SSSR count). The van der Waals surface area contributed by atoms with E-state index in [4.69, 9.17) is 8.94 Å². The van der Waals surface area contributed by atoms with Gasteiger partial charge in [-0.25, -0.2) is 0 Å². The van der Waals surface area contributed by atoms with E-state index < -0.39 is 11.6 Å². The summed E-state index contributed by atoms with van der Waals surface area (Å²) in [6.07, 6.45) is -3.05. The molecular weight excluding hydrogens is 285 g/mol. The fourth-order valence-corrected chi connectivity index (χ4v) is 2.86. The standard InChI is InChI=1S/C14H15F3N2O2/c1-9-4-5-10(20-9)8-11-18-12(19-21-11)13(14(15,16)17)6-2-3-7-13/h4-5H,2-3,6-8H2,1H3. The number of alkyl halides is 3. The van der Waals surface area contributed by atoms with E-state index in [1.54, 1.807) is 19.1 Å². The topological polar surface area (TPSA) is 52.1 Å². The van der Waals surface area contributed by atoms with Crippen LogP contribution in [0.2, 0.25) is 0 Å². The van der Waals surface area contributed by atoms with E-state index in [0.717, 1.165) is 5.76 Å². The van der Waals surface area contributed by atoms with Crippen molar-refractivity contribution >= 4 is 0 Å². The van der Waals surface area contributed by atoms with Gasteiger partial charge in [-0.3, -0.25) is 0 Å². The fourth-order valence-electron chi connectivity index (χ4n) is 2.86. The summed E-state index contributed by atoms with van der Waals surface area (Å²) < 4.78 is 50.6. The first-order valence-corrected chi connectivity index (χ1v) is 6.86. The number of rotatable bonds is 3. The fraction of sp³-hybridized carbons (Fsp3) is 0.571. The highest BCUT2D eigenvalue weighted by molar-refractivity contribution is 5.16. The number of aryl methyl sites for hydroxylation is 1. The molecule has 114 valence electrons. The third-order valence-corrected chi connectivity index (χ3v) is 4.02. The SMILES string of the molecule is Cc1ccc(Cc2nc(C3(C(F)(F)F)CCCC3)no2)o1. The average molecular weight is 300 g/mol. The van der Waals surface area contributed by atoms with Crippen molar-refractivity contribution in [3.63, 3.8) is 0 Å². The summed E-state index contributed by atoms with van der Waals surface area (Å²) in [4.78, 5) is 3.98. The van der Waals surface area contributed by atoms with Crippen LogP contribution in [0.4, 0.5) is 13.2 Å². The van der Waals surface area contributed by atoms with E-state index >= 15 is 0 Å². The summed E-state index contributed by atoms with van der Waals surface area (Å²) >= 11 is 0. The van der Waals surface area contributed by atoms with Crippen molar-refractivity contribution in [2.45, 2.75) is 50.6 Å². The molecule has 0 aliphatic heterocycles. The average Bonchev–Trinajstić information content (AvgIpc) is 3.09. The summed E-state index contributed by atoms with van der Waals surface area (Å²) in [5.74, 6) is 1.23. The van der Waals surface area contributed by atoms with Crippen LogP contribution in [0.5, 0.6) is 0 Å². The Balaban J connectivity index is 1.86. The number of hydrogen-bond donors (Lipinski definition) is 0. The molecule has 2 aromatic rings. The number of furan rings is 1. The predicted octanol–water partition coefficient (Wildman–Crippen LogP) is 3.94. The molecule has 0 spiro atoms. The van der Waals surface area contributed by atoms with Crippen LogP contribution in [0, 0.1) is 6.92 Å². The molecule has 0 aromatic carbocycles. The Labute approximate surface area is 119 Å². The van der Waals surface area contributed by atoms with Gasteiger partial charge in [0.25, 0.3) is 0 Å². The van der Waals surface area contributed by atoms with Crippen molar-refractivity contribution in [1.82, 2.24) is 10.1 Å². The van der Waals surface area contributed by atoms with E-state index in [1.165, 1.54) is 0 Å². The maximum atomic E-state index is 13.4. The van der Waals surface area contributed by atoms with Gasteiger partial charge in [0, 0.05) is 0 Å². The highest BCUT2D eigenvalue weighted by Crippen LogP contribution is 2.51. The molecule has 0 radical (unpaired) electrons. The molecular formula is C14H15F3N2O2. The molecule has 21 heavy (non-hydrogen) atoms. The third kappa shape index (κ3) is 2.45. The van der Waals surface area contributed by atoms with Gasteiger partial charge in [0.15, 0.2) is 5.82 Å². The minimum Gasteiger partial charge on any atom is -0.466 e. The highest BCUT2D eigenvalue weighted by Gasteiger charge is 2.59. The van der Waals surface area contributed by atoms with Crippen LogP contribution in [0.25, 0.3) is 0 Å². The smallest absolute Gasteiger partial charge is 0.401 e. The molecule has 0 N–H and O–H groups in total. The second kappa shape index (κ2) is 4.89. The van der Waals surface area contributed by atoms with Crippen LogP contribution < -0.4 is 0 Å². The summed E-state index contributed by atoms with van der Waals surface area (Å²) in [6.45, 7) is 1.79. The Hall–Kier alpha value is -1.79. The van der Waals surface area contributed by atoms with E-state index in [-0.39, 0.29) is 31.0 Å². The normalized spacial score (nSPS) is 18.3.